The summed E-state index contributed by atoms with van der Waals surface area (Å²) in [6.45, 7) is 0. The molecule has 0 amide bonds. The van der Waals surface area contributed by atoms with Crippen LogP contribution in [-0.4, -0.2) is 19.4 Å². The molecule has 1 rings (SSSR count). The Bertz CT molecular complexity index is 552. The van der Waals surface area contributed by atoms with Crippen molar-refractivity contribution in [1.82, 2.24) is 0 Å². The van der Waals surface area contributed by atoms with E-state index in [1.54, 1.807) is 6.07 Å². The number of esters is 1. The van der Waals surface area contributed by atoms with Crippen LogP contribution in [0, 0.1) is 11.3 Å². The van der Waals surface area contributed by atoms with Crippen LogP contribution in [0.2, 0.25) is 0 Å². The SMILES string of the molecule is COC(=O)Cc1cc(OC(F)(F)F)c(C#N)cc1CCl. The minimum absolute atomic E-state index is 0.0622. The summed E-state index contributed by atoms with van der Waals surface area (Å²) >= 11 is 5.65. The van der Waals surface area contributed by atoms with Crippen molar-refractivity contribution >= 4 is 17.6 Å². The lowest BCUT2D eigenvalue weighted by molar-refractivity contribution is -0.274. The first-order valence-corrected chi connectivity index (χ1v) is 5.78. The average molecular weight is 308 g/mol. The van der Waals surface area contributed by atoms with Crippen LogP contribution in [0.25, 0.3) is 0 Å². The molecule has 4 nitrogen and oxygen atoms in total. The van der Waals surface area contributed by atoms with Crippen LogP contribution in [0.3, 0.4) is 0 Å². The zero-order valence-corrected chi connectivity index (χ0v) is 11.0. The Morgan fingerprint density at radius 1 is 1.40 bits per heavy atom. The number of halogens is 4. The smallest absolute Gasteiger partial charge is 0.469 e. The summed E-state index contributed by atoms with van der Waals surface area (Å²) in [5.74, 6) is -1.38. The van der Waals surface area contributed by atoms with Gasteiger partial charge in [-0.2, -0.15) is 5.26 Å². The maximum absolute atomic E-state index is 12.3. The highest BCUT2D eigenvalue weighted by Crippen LogP contribution is 2.30. The first-order valence-electron chi connectivity index (χ1n) is 5.25. The van der Waals surface area contributed by atoms with Gasteiger partial charge in [0.15, 0.2) is 0 Å². The molecule has 8 heteroatoms. The summed E-state index contributed by atoms with van der Waals surface area (Å²) in [6, 6.07) is 3.72. The Balaban J connectivity index is 3.26. The van der Waals surface area contributed by atoms with Crippen molar-refractivity contribution in [3.05, 3.63) is 28.8 Å². The number of alkyl halides is 4. The fourth-order valence-electron chi connectivity index (χ4n) is 1.48. The molecule has 0 bridgehead atoms. The van der Waals surface area contributed by atoms with E-state index in [0.29, 0.717) is 5.56 Å². The van der Waals surface area contributed by atoms with E-state index >= 15 is 0 Å². The third kappa shape index (κ3) is 4.31. The second kappa shape index (κ2) is 6.48. The predicted octanol–water partition coefficient (Wildman–Crippen LogP) is 2.91. The Morgan fingerprint density at radius 3 is 2.50 bits per heavy atom. The number of nitriles is 1. The van der Waals surface area contributed by atoms with E-state index in [-0.39, 0.29) is 23.4 Å². The van der Waals surface area contributed by atoms with Crippen molar-refractivity contribution in [1.29, 1.82) is 5.26 Å². The highest BCUT2D eigenvalue weighted by atomic mass is 35.5. The van der Waals surface area contributed by atoms with Gasteiger partial charge in [-0.05, 0) is 23.3 Å². The lowest BCUT2D eigenvalue weighted by Crippen LogP contribution is -2.18. The third-order valence-corrected chi connectivity index (χ3v) is 2.64. The van der Waals surface area contributed by atoms with Gasteiger partial charge in [0.25, 0.3) is 0 Å². The van der Waals surface area contributed by atoms with Crippen molar-refractivity contribution in [2.24, 2.45) is 0 Å². The molecule has 0 aliphatic heterocycles. The van der Waals surface area contributed by atoms with Gasteiger partial charge in [-0.25, -0.2) is 0 Å². The molecule has 1 aromatic rings. The molecule has 0 fully saturated rings. The maximum atomic E-state index is 12.3. The Kier molecular flexibility index (Phi) is 5.22. The lowest BCUT2D eigenvalue weighted by Gasteiger charge is -2.14. The van der Waals surface area contributed by atoms with E-state index in [9.17, 15) is 18.0 Å². The molecule has 0 atom stereocenters. The van der Waals surface area contributed by atoms with Gasteiger partial charge in [-0.3, -0.25) is 4.79 Å². The first-order chi connectivity index (χ1) is 9.30. The first kappa shape index (κ1) is 16.1. The van der Waals surface area contributed by atoms with Crippen molar-refractivity contribution in [3.8, 4) is 11.8 Å². The summed E-state index contributed by atoms with van der Waals surface area (Å²) in [5.41, 5.74) is 0.264. The molecular weight excluding hydrogens is 299 g/mol. The van der Waals surface area contributed by atoms with Crippen LogP contribution in [0.5, 0.6) is 5.75 Å². The Morgan fingerprint density at radius 2 is 2.05 bits per heavy atom. The molecule has 0 saturated carbocycles. The van der Waals surface area contributed by atoms with Crippen LogP contribution < -0.4 is 4.74 Å². The highest BCUT2D eigenvalue weighted by molar-refractivity contribution is 6.17. The zero-order valence-electron chi connectivity index (χ0n) is 10.3. The number of benzene rings is 1. The van der Waals surface area contributed by atoms with Gasteiger partial charge in [-0.1, -0.05) is 0 Å². The number of hydrogen-bond acceptors (Lipinski definition) is 4. The maximum Gasteiger partial charge on any atom is 0.573 e. The minimum atomic E-state index is -4.93. The van der Waals surface area contributed by atoms with Gasteiger partial charge in [0.05, 0.1) is 19.1 Å². The molecule has 0 aromatic heterocycles. The van der Waals surface area contributed by atoms with Crippen LogP contribution in [0.1, 0.15) is 16.7 Å². The number of carbonyl (C=O) groups is 1. The molecule has 108 valence electrons. The molecule has 0 aliphatic carbocycles. The fourth-order valence-corrected chi connectivity index (χ4v) is 1.73. The number of rotatable bonds is 4. The standard InChI is InChI=1S/C12H9ClF3NO3/c1-19-11(18)4-7-3-10(20-12(14,15)16)9(6-17)2-8(7)5-13/h2-3H,4-5H2,1H3. The molecule has 0 radical (unpaired) electrons. The molecule has 0 heterocycles. The van der Waals surface area contributed by atoms with E-state index in [4.69, 9.17) is 16.9 Å². The van der Waals surface area contributed by atoms with E-state index in [0.717, 1.165) is 19.2 Å². The normalized spacial score (nSPS) is 10.8. The van der Waals surface area contributed by atoms with Crippen LogP contribution in [0.4, 0.5) is 13.2 Å². The number of hydrogen-bond donors (Lipinski definition) is 0. The molecular formula is C12H9ClF3NO3. The van der Waals surface area contributed by atoms with Crippen molar-refractivity contribution < 1.29 is 27.4 Å². The fraction of sp³-hybridized carbons (Fsp3) is 0.333. The highest BCUT2D eigenvalue weighted by Gasteiger charge is 2.32. The number of methoxy groups -OCH3 is 1. The number of ether oxygens (including phenoxy) is 2. The summed E-state index contributed by atoms with van der Waals surface area (Å²) in [4.78, 5) is 11.2. The molecule has 0 saturated heterocycles. The van der Waals surface area contributed by atoms with Gasteiger partial charge in [0.1, 0.15) is 11.8 Å². The van der Waals surface area contributed by atoms with Gasteiger partial charge < -0.3 is 9.47 Å². The third-order valence-electron chi connectivity index (χ3n) is 2.35. The van der Waals surface area contributed by atoms with Gasteiger partial charge in [0, 0.05) is 5.88 Å². The van der Waals surface area contributed by atoms with Crippen LogP contribution >= 0.6 is 11.6 Å². The molecule has 1 aromatic carbocycles. The second-order valence-electron chi connectivity index (χ2n) is 3.66. The van der Waals surface area contributed by atoms with Crippen molar-refractivity contribution in [2.75, 3.05) is 7.11 Å². The zero-order chi connectivity index (χ0) is 15.3. The van der Waals surface area contributed by atoms with E-state index < -0.39 is 18.1 Å². The van der Waals surface area contributed by atoms with Crippen LogP contribution in [0.15, 0.2) is 12.1 Å². The van der Waals surface area contributed by atoms with E-state index in [1.165, 1.54) is 0 Å². The van der Waals surface area contributed by atoms with Gasteiger partial charge in [0.2, 0.25) is 0 Å². The molecule has 0 aliphatic rings. The predicted molar refractivity (Wildman–Crippen MR) is 63.1 cm³/mol. The summed E-state index contributed by atoms with van der Waals surface area (Å²) < 4.78 is 45.0. The summed E-state index contributed by atoms with van der Waals surface area (Å²) in [7, 11) is 1.15. The van der Waals surface area contributed by atoms with Gasteiger partial charge >= 0.3 is 12.3 Å². The summed E-state index contributed by atoms with van der Waals surface area (Å²) in [6.07, 6.45) is -5.20. The minimum Gasteiger partial charge on any atom is -0.469 e. The number of carbonyl (C=O) groups excluding carboxylic acids is 1. The van der Waals surface area contributed by atoms with Crippen molar-refractivity contribution in [2.45, 2.75) is 18.7 Å². The van der Waals surface area contributed by atoms with Gasteiger partial charge in [-0.15, -0.1) is 24.8 Å². The molecule has 20 heavy (non-hydrogen) atoms. The lowest BCUT2D eigenvalue weighted by atomic mass is 10.0. The Hall–Kier alpha value is -1.94. The average Bonchev–Trinajstić information content (AvgIpc) is 2.37. The molecule has 0 spiro atoms. The Labute approximate surface area is 117 Å². The quantitative estimate of drug-likeness (QED) is 0.634. The topological polar surface area (TPSA) is 59.3 Å². The largest absolute Gasteiger partial charge is 0.573 e. The summed E-state index contributed by atoms with van der Waals surface area (Å²) in [5, 5.41) is 8.82. The molecule has 0 N–H and O–H groups in total. The molecule has 0 unspecified atom stereocenters. The second-order valence-corrected chi connectivity index (χ2v) is 3.93. The van der Waals surface area contributed by atoms with E-state index in [1.807, 2.05) is 0 Å². The monoisotopic (exact) mass is 307 g/mol. The number of nitrogens with zero attached hydrogens (tertiary/aromatic N) is 1. The van der Waals surface area contributed by atoms with Crippen molar-refractivity contribution in [3.63, 3.8) is 0 Å². The van der Waals surface area contributed by atoms with Crippen LogP contribution in [-0.2, 0) is 21.8 Å². The van der Waals surface area contributed by atoms with E-state index in [2.05, 4.69) is 9.47 Å².